The molecule has 0 spiro atoms. The Morgan fingerprint density at radius 2 is 2.00 bits per heavy atom. The summed E-state index contributed by atoms with van der Waals surface area (Å²) in [6.45, 7) is -1.55. The summed E-state index contributed by atoms with van der Waals surface area (Å²) in [6, 6.07) is 6.82. The van der Waals surface area contributed by atoms with Crippen LogP contribution in [0.1, 0.15) is 11.4 Å². The van der Waals surface area contributed by atoms with Crippen LogP contribution in [0.4, 0.5) is 14.6 Å². The van der Waals surface area contributed by atoms with Gasteiger partial charge in [-0.2, -0.15) is 13.5 Å². The van der Waals surface area contributed by atoms with Crippen LogP contribution in [0.25, 0.3) is 0 Å². The van der Waals surface area contributed by atoms with Crippen molar-refractivity contribution in [2.45, 2.75) is 19.0 Å². The van der Waals surface area contributed by atoms with E-state index in [0.717, 1.165) is 23.0 Å². The van der Waals surface area contributed by atoms with E-state index in [1.165, 1.54) is 18.3 Å². The van der Waals surface area contributed by atoms with Crippen LogP contribution in [0, 0.1) is 5.21 Å². The SMILES string of the molecule is O=C(Cn1c(Cl)cnc(NCC(F)(F)c2cccc[n+]2[O-])c1=O)NCc1ncccc1Cl. The molecule has 0 saturated heterocycles. The van der Waals surface area contributed by atoms with E-state index < -0.39 is 42.0 Å². The van der Waals surface area contributed by atoms with E-state index in [2.05, 4.69) is 20.6 Å². The number of pyridine rings is 2. The third kappa shape index (κ3) is 5.48. The average molecular weight is 485 g/mol. The number of nitrogens with one attached hydrogen (secondary N) is 2. The lowest BCUT2D eigenvalue weighted by Gasteiger charge is -2.17. The lowest BCUT2D eigenvalue weighted by Crippen LogP contribution is -2.41. The standard InChI is InChI=1S/C19H16Cl2F2N6O3/c20-12-4-3-6-24-13(12)8-25-16(30)10-28-15(21)9-26-17(18(28)31)27-11-19(22,23)14-5-1-2-7-29(14)32/h1-7,9H,8,10-11H2,(H,25,30)(H,26,27). The molecule has 0 atom stereocenters. The highest BCUT2D eigenvalue weighted by molar-refractivity contribution is 6.31. The van der Waals surface area contributed by atoms with Crippen LogP contribution in [0.2, 0.25) is 10.2 Å². The monoisotopic (exact) mass is 484 g/mol. The molecule has 9 nitrogen and oxygen atoms in total. The summed E-state index contributed by atoms with van der Waals surface area (Å²) in [5, 5.41) is 16.6. The first-order valence-corrected chi connectivity index (χ1v) is 9.86. The lowest BCUT2D eigenvalue weighted by atomic mass is 10.2. The molecular formula is C19H16Cl2F2N6O3. The number of amides is 1. The average Bonchev–Trinajstić information content (AvgIpc) is 2.75. The number of carbonyl (C=O) groups excluding carboxylic acids is 1. The number of hydrogen-bond donors (Lipinski definition) is 2. The van der Waals surface area contributed by atoms with Gasteiger partial charge in [0.2, 0.25) is 5.91 Å². The molecule has 0 radical (unpaired) electrons. The van der Waals surface area contributed by atoms with E-state index in [0.29, 0.717) is 10.7 Å². The fourth-order valence-corrected chi connectivity index (χ4v) is 3.04. The zero-order valence-corrected chi connectivity index (χ0v) is 17.8. The van der Waals surface area contributed by atoms with Crippen molar-refractivity contribution in [2.75, 3.05) is 11.9 Å². The predicted molar refractivity (Wildman–Crippen MR) is 112 cm³/mol. The maximum absolute atomic E-state index is 14.4. The van der Waals surface area contributed by atoms with Gasteiger partial charge in [-0.3, -0.25) is 19.1 Å². The lowest BCUT2D eigenvalue weighted by molar-refractivity contribution is -0.624. The van der Waals surface area contributed by atoms with Gasteiger partial charge in [-0.15, -0.1) is 0 Å². The molecule has 168 valence electrons. The van der Waals surface area contributed by atoms with Crippen molar-refractivity contribution in [3.8, 4) is 0 Å². The minimum absolute atomic E-state index is 0.0135. The second-order valence-corrected chi connectivity index (χ2v) is 7.29. The molecule has 13 heteroatoms. The first-order valence-electron chi connectivity index (χ1n) is 9.11. The minimum Gasteiger partial charge on any atom is -0.618 e. The van der Waals surface area contributed by atoms with Gasteiger partial charge in [-0.1, -0.05) is 23.2 Å². The van der Waals surface area contributed by atoms with Crippen LogP contribution in [0.5, 0.6) is 0 Å². The summed E-state index contributed by atoms with van der Waals surface area (Å²) in [4.78, 5) is 32.6. The Kier molecular flexibility index (Phi) is 7.21. The number of hydrogen-bond acceptors (Lipinski definition) is 6. The highest BCUT2D eigenvalue weighted by Crippen LogP contribution is 2.25. The molecule has 3 rings (SSSR count). The highest BCUT2D eigenvalue weighted by Gasteiger charge is 2.39. The number of aromatic nitrogens is 4. The molecule has 0 fully saturated rings. The summed E-state index contributed by atoms with van der Waals surface area (Å²) < 4.78 is 29.7. The summed E-state index contributed by atoms with van der Waals surface area (Å²) >= 11 is 11.9. The summed E-state index contributed by atoms with van der Waals surface area (Å²) in [7, 11) is 0. The minimum atomic E-state index is -3.60. The Bertz CT molecular complexity index is 1190. The van der Waals surface area contributed by atoms with Crippen LogP contribution >= 0.6 is 23.2 Å². The van der Waals surface area contributed by atoms with Crippen LogP contribution in [0.3, 0.4) is 0 Å². The molecule has 0 saturated carbocycles. The highest BCUT2D eigenvalue weighted by atomic mass is 35.5. The Labute approximate surface area is 190 Å². The van der Waals surface area contributed by atoms with E-state index in [4.69, 9.17) is 23.2 Å². The summed E-state index contributed by atoms with van der Waals surface area (Å²) in [6.07, 6.45) is 3.49. The van der Waals surface area contributed by atoms with Gasteiger partial charge in [0.05, 0.1) is 30.0 Å². The van der Waals surface area contributed by atoms with Crippen molar-refractivity contribution < 1.29 is 18.3 Å². The molecule has 3 aromatic rings. The number of anilines is 1. The number of carbonyl (C=O) groups is 1. The Morgan fingerprint density at radius 1 is 1.22 bits per heavy atom. The molecule has 0 aliphatic heterocycles. The molecule has 32 heavy (non-hydrogen) atoms. The molecule has 0 bridgehead atoms. The zero-order valence-electron chi connectivity index (χ0n) is 16.3. The third-order valence-electron chi connectivity index (χ3n) is 4.27. The molecule has 0 aliphatic carbocycles. The molecule has 0 aromatic carbocycles. The predicted octanol–water partition coefficient (Wildman–Crippen LogP) is 2.10. The fraction of sp³-hybridized carbons (Fsp3) is 0.211. The summed E-state index contributed by atoms with van der Waals surface area (Å²) in [5.74, 6) is -4.64. The quantitative estimate of drug-likeness (QED) is 0.373. The molecule has 2 N–H and O–H groups in total. The molecule has 0 unspecified atom stereocenters. The van der Waals surface area contributed by atoms with Gasteiger partial charge in [0.25, 0.3) is 11.3 Å². The van der Waals surface area contributed by atoms with Crippen LogP contribution in [-0.2, 0) is 23.8 Å². The van der Waals surface area contributed by atoms with Crippen molar-refractivity contribution in [2.24, 2.45) is 0 Å². The van der Waals surface area contributed by atoms with Gasteiger partial charge >= 0.3 is 5.92 Å². The largest absolute Gasteiger partial charge is 0.618 e. The second kappa shape index (κ2) is 9.88. The Hall–Kier alpha value is -3.31. The third-order valence-corrected chi connectivity index (χ3v) is 4.92. The number of rotatable bonds is 8. The van der Waals surface area contributed by atoms with Gasteiger partial charge < -0.3 is 15.8 Å². The van der Waals surface area contributed by atoms with Gasteiger partial charge in [0.1, 0.15) is 11.7 Å². The zero-order chi connectivity index (χ0) is 23.3. The number of halogens is 4. The first-order chi connectivity index (χ1) is 15.2. The molecule has 3 heterocycles. The van der Waals surface area contributed by atoms with Crippen molar-refractivity contribution in [3.05, 3.63) is 86.0 Å². The Balaban J connectivity index is 1.70. The topological polar surface area (TPSA) is 116 Å². The van der Waals surface area contributed by atoms with Gasteiger partial charge in [-0.05, 0) is 18.2 Å². The molecular weight excluding hydrogens is 469 g/mol. The van der Waals surface area contributed by atoms with Gasteiger partial charge in [-0.25, -0.2) is 4.98 Å². The number of nitrogens with zero attached hydrogens (tertiary/aromatic N) is 4. The van der Waals surface area contributed by atoms with Crippen molar-refractivity contribution in [1.29, 1.82) is 0 Å². The summed E-state index contributed by atoms with van der Waals surface area (Å²) in [5.41, 5.74) is -1.26. The normalized spacial score (nSPS) is 11.2. The van der Waals surface area contributed by atoms with E-state index >= 15 is 0 Å². The Morgan fingerprint density at radius 3 is 2.72 bits per heavy atom. The van der Waals surface area contributed by atoms with E-state index in [9.17, 15) is 23.6 Å². The van der Waals surface area contributed by atoms with Gasteiger partial charge in [0.15, 0.2) is 12.0 Å². The maximum atomic E-state index is 14.4. The second-order valence-electron chi connectivity index (χ2n) is 6.50. The van der Waals surface area contributed by atoms with Crippen LogP contribution in [-0.4, -0.2) is 27.0 Å². The smallest absolute Gasteiger partial charge is 0.347 e. The fourth-order valence-electron chi connectivity index (χ4n) is 2.66. The molecule has 0 aliphatic rings. The van der Waals surface area contributed by atoms with Gasteiger partial charge in [0, 0.05) is 18.3 Å². The number of alkyl halides is 2. The molecule has 3 aromatic heterocycles. The first kappa shape index (κ1) is 23.4. The van der Waals surface area contributed by atoms with Crippen molar-refractivity contribution >= 4 is 34.9 Å². The van der Waals surface area contributed by atoms with Crippen LogP contribution < -0.4 is 20.9 Å². The van der Waals surface area contributed by atoms with E-state index in [1.807, 2.05) is 0 Å². The van der Waals surface area contributed by atoms with E-state index in [1.54, 1.807) is 12.1 Å². The van der Waals surface area contributed by atoms with E-state index in [-0.39, 0.29) is 16.4 Å². The van der Waals surface area contributed by atoms with Crippen molar-refractivity contribution in [1.82, 2.24) is 19.9 Å². The van der Waals surface area contributed by atoms with Crippen LogP contribution in [0.15, 0.2) is 53.7 Å². The maximum Gasteiger partial charge on any atom is 0.347 e. The molecule has 1 amide bonds. The van der Waals surface area contributed by atoms with Crippen molar-refractivity contribution in [3.63, 3.8) is 0 Å².